The van der Waals surface area contributed by atoms with Crippen LogP contribution in [0.3, 0.4) is 0 Å². The highest BCUT2D eigenvalue weighted by molar-refractivity contribution is 6.08. The Hall–Kier alpha value is -4.52. The van der Waals surface area contributed by atoms with Crippen molar-refractivity contribution in [2.45, 2.75) is 37.5 Å². The molecule has 5 heterocycles. The number of halogens is 2. The van der Waals surface area contributed by atoms with Gasteiger partial charge in [-0.1, -0.05) is 0 Å². The van der Waals surface area contributed by atoms with Gasteiger partial charge in [-0.25, -0.2) is 13.8 Å². The predicted molar refractivity (Wildman–Crippen MR) is 170 cm³/mol. The van der Waals surface area contributed by atoms with Gasteiger partial charge in [0.1, 0.15) is 41.9 Å². The number of alkyl halides is 2. The number of nitrogens with one attached hydrogen (secondary N) is 2. The summed E-state index contributed by atoms with van der Waals surface area (Å²) in [7, 11) is 1.60. The number of aliphatic hydroxyl groups is 1. The SMILES string of the molecule is COc1nc(NC2=NCNC(c3ccc(O[C@H]4CCN(C(=O)[C@@H](C)O)CC4(F)F)c(C#N)c3)=C2)ccc1N1CCN(C2COC2)CC1. The normalized spacial score (nSPS) is 22.2. The fourth-order valence-corrected chi connectivity index (χ4v) is 6.05. The van der Waals surface area contributed by atoms with Crippen LogP contribution in [0, 0.1) is 11.3 Å². The molecule has 6 rings (SSSR count). The van der Waals surface area contributed by atoms with Crippen molar-refractivity contribution in [2.75, 3.05) is 76.5 Å². The Morgan fingerprint density at radius 3 is 2.66 bits per heavy atom. The van der Waals surface area contributed by atoms with Gasteiger partial charge in [-0.15, -0.1) is 0 Å². The van der Waals surface area contributed by atoms with Crippen molar-refractivity contribution >= 4 is 28.9 Å². The molecule has 2 atom stereocenters. The van der Waals surface area contributed by atoms with Crippen LogP contribution in [-0.4, -0.2) is 122 Å². The number of amides is 1. The van der Waals surface area contributed by atoms with Gasteiger partial charge in [0, 0.05) is 50.9 Å². The predicted octanol–water partition coefficient (Wildman–Crippen LogP) is 1.89. The summed E-state index contributed by atoms with van der Waals surface area (Å²) in [6.07, 6.45) is -1.28. The number of carbonyl (C=O) groups is 1. The van der Waals surface area contributed by atoms with E-state index >= 15 is 0 Å². The number of piperidine rings is 1. The maximum absolute atomic E-state index is 14.9. The molecule has 1 aromatic carbocycles. The maximum Gasteiger partial charge on any atom is 0.301 e. The molecule has 1 amide bonds. The second-order valence-electron chi connectivity index (χ2n) is 11.9. The van der Waals surface area contributed by atoms with E-state index in [0.29, 0.717) is 34.8 Å². The van der Waals surface area contributed by atoms with Crippen LogP contribution >= 0.6 is 0 Å². The van der Waals surface area contributed by atoms with Gasteiger partial charge in [0.25, 0.3) is 5.91 Å². The first kappa shape index (κ1) is 32.4. The number of benzene rings is 1. The second kappa shape index (κ2) is 13.7. The molecule has 15 heteroatoms. The minimum Gasteiger partial charge on any atom is -0.483 e. The quantitative estimate of drug-likeness (QED) is 0.384. The molecule has 0 unspecified atom stereocenters. The molecular weight excluding hydrogens is 614 g/mol. The number of aliphatic imine (C=N–C) groups is 1. The van der Waals surface area contributed by atoms with Crippen LogP contribution in [-0.2, 0) is 9.53 Å². The van der Waals surface area contributed by atoms with Crippen molar-refractivity contribution in [3.05, 3.63) is 47.5 Å². The lowest BCUT2D eigenvalue weighted by Gasteiger charge is -2.43. The number of amidine groups is 1. The number of aromatic nitrogens is 1. The number of methoxy groups -OCH3 is 1. The van der Waals surface area contributed by atoms with Crippen molar-refractivity contribution < 1.29 is 32.9 Å². The first-order valence-electron chi connectivity index (χ1n) is 15.6. The van der Waals surface area contributed by atoms with E-state index in [2.05, 4.69) is 30.4 Å². The Bertz CT molecular complexity index is 1580. The second-order valence-corrected chi connectivity index (χ2v) is 11.9. The van der Waals surface area contributed by atoms with E-state index in [9.17, 15) is 23.9 Å². The van der Waals surface area contributed by atoms with Crippen LogP contribution in [0.2, 0.25) is 0 Å². The molecule has 1 aromatic heterocycles. The standard InChI is InChI=1S/C32H38F2N8O5/c1-20(43)31(44)42-8-7-27(32(33,34)18-42)47-26-5-3-21(13-22(26)15-35)24-14-29(37-19-36-24)38-28-6-4-25(30(39-28)45-2)41-11-9-40(10-12-41)23-16-46-17-23/h3-6,13-14,20,23,27,36,43H,7-12,16-19H2,1-2H3,(H,37,38,39)/t20-,27+/m1/s1. The number of nitriles is 1. The Kier molecular flexibility index (Phi) is 9.44. The number of ether oxygens (including phenoxy) is 3. The summed E-state index contributed by atoms with van der Waals surface area (Å²) in [4.78, 5) is 26.8. The van der Waals surface area contributed by atoms with E-state index in [0.717, 1.165) is 50.0 Å². The largest absolute Gasteiger partial charge is 0.483 e. The average molecular weight is 653 g/mol. The molecule has 0 spiro atoms. The highest BCUT2D eigenvalue weighted by Crippen LogP contribution is 2.34. The molecule has 0 radical (unpaired) electrons. The Morgan fingerprint density at radius 1 is 1.21 bits per heavy atom. The van der Waals surface area contributed by atoms with E-state index < -0.39 is 30.6 Å². The molecule has 2 aromatic rings. The molecule has 250 valence electrons. The number of hydrogen-bond acceptors (Lipinski definition) is 12. The molecule has 0 bridgehead atoms. The zero-order chi connectivity index (χ0) is 33.1. The van der Waals surface area contributed by atoms with Crippen LogP contribution in [0.4, 0.5) is 20.3 Å². The number of nitrogens with zero attached hydrogens (tertiary/aromatic N) is 6. The number of hydrogen-bond donors (Lipinski definition) is 3. The fourth-order valence-electron chi connectivity index (χ4n) is 6.05. The molecular formula is C32H38F2N8O5. The minimum absolute atomic E-state index is 0.00685. The third-order valence-corrected chi connectivity index (χ3v) is 8.76. The maximum atomic E-state index is 14.9. The smallest absolute Gasteiger partial charge is 0.301 e. The van der Waals surface area contributed by atoms with Crippen molar-refractivity contribution in [1.82, 2.24) is 20.1 Å². The van der Waals surface area contributed by atoms with Gasteiger partial charge in [-0.3, -0.25) is 9.69 Å². The molecule has 4 aliphatic rings. The highest BCUT2D eigenvalue weighted by atomic mass is 19.3. The molecule has 0 saturated carbocycles. The Labute approximate surface area is 271 Å². The molecule has 47 heavy (non-hydrogen) atoms. The van der Waals surface area contributed by atoms with Crippen LogP contribution in [0.25, 0.3) is 5.70 Å². The number of rotatable bonds is 8. The van der Waals surface area contributed by atoms with Gasteiger partial charge in [0.05, 0.1) is 38.5 Å². The third kappa shape index (κ3) is 7.09. The number of carbonyl (C=O) groups excluding carboxylic acids is 1. The number of likely N-dealkylation sites (tertiary alicyclic amines) is 1. The minimum atomic E-state index is -3.37. The topological polar surface area (TPSA) is 148 Å². The van der Waals surface area contributed by atoms with Crippen LogP contribution in [0.5, 0.6) is 11.6 Å². The summed E-state index contributed by atoms with van der Waals surface area (Å²) in [5, 5.41) is 25.7. The van der Waals surface area contributed by atoms with Crippen LogP contribution < -0.4 is 25.0 Å². The lowest BCUT2D eigenvalue weighted by molar-refractivity contribution is -0.165. The van der Waals surface area contributed by atoms with E-state index in [1.165, 1.54) is 13.0 Å². The first-order chi connectivity index (χ1) is 22.6. The summed E-state index contributed by atoms with van der Waals surface area (Å²) in [5.74, 6) is -2.51. The Balaban J connectivity index is 1.11. The van der Waals surface area contributed by atoms with Crippen molar-refractivity contribution in [3.8, 4) is 17.7 Å². The van der Waals surface area contributed by atoms with E-state index in [1.807, 2.05) is 18.2 Å². The van der Waals surface area contributed by atoms with Crippen LogP contribution in [0.15, 0.2) is 41.4 Å². The van der Waals surface area contributed by atoms with Gasteiger partial charge < -0.3 is 39.8 Å². The molecule has 3 saturated heterocycles. The molecule has 13 nitrogen and oxygen atoms in total. The highest BCUT2D eigenvalue weighted by Gasteiger charge is 2.48. The van der Waals surface area contributed by atoms with Gasteiger partial charge >= 0.3 is 5.92 Å². The number of aliphatic hydroxyl groups excluding tert-OH is 1. The zero-order valence-corrected chi connectivity index (χ0v) is 26.3. The lowest BCUT2D eigenvalue weighted by Crippen LogP contribution is -2.56. The summed E-state index contributed by atoms with van der Waals surface area (Å²) >= 11 is 0. The number of piperazine rings is 1. The molecule has 3 N–H and O–H groups in total. The zero-order valence-electron chi connectivity index (χ0n) is 26.3. The van der Waals surface area contributed by atoms with Crippen molar-refractivity contribution in [1.29, 1.82) is 5.26 Å². The fraction of sp³-hybridized carbons (Fsp3) is 0.500. The van der Waals surface area contributed by atoms with Gasteiger partial charge in [0.15, 0.2) is 6.10 Å². The monoisotopic (exact) mass is 652 g/mol. The van der Waals surface area contributed by atoms with Crippen molar-refractivity contribution in [2.24, 2.45) is 4.99 Å². The molecule has 0 aliphatic carbocycles. The molecule has 4 aliphatic heterocycles. The van der Waals surface area contributed by atoms with Crippen molar-refractivity contribution in [3.63, 3.8) is 0 Å². The summed E-state index contributed by atoms with van der Waals surface area (Å²) < 4.78 is 46.5. The number of anilines is 2. The van der Waals surface area contributed by atoms with E-state index in [4.69, 9.17) is 14.2 Å². The van der Waals surface area contributed by atoms with Gasteiger partial charge in [-0.2, -0.15) is 10.2 Å². The van der Waals surface area contributed by atoms with E-state index in [-0.39, 0.29) is 30.9 Å². The first-order valence-corrected chi connectivity index (χ1v) is 15.6. The summed E-state index contributed by atoms with van der Waals surface area (Å²) in [6, 6.07) is 11.1. The summed E-state index contributed by atoms with van der Waals surface area (Å²) in [5.41, 5.74) is 2.32. The average Bonchev–Trinajstić information content (AvgIpc) is 3.05. The third-order valence-electron chi connectivity index (χ3n) is 8.76. The van der Waals surface area contributed by atoms with Gasteiger partial charge in [0.2, 0.25) is 5.88 Å². The van der Waals surface area contributed by atoms with E-state index in [1.54, 1.807) is 25.3 Å². The van der Waals surface area contributed by atoms with Gasteiger partial charge in [-0.05, 0) is 42.8 Å². The lowest BCUT2D eigenvalue weighted by atomic mass is 10.0. The summed E-state index contributed by atoms with van der Waals surface area (Å²) in [6.45, 7) is 5.89. The Morgan fingerprint density at radius 2 is 2.00 bits per heavy atom. The molecule has 3 fully saturated rings. The van der Waals surface area contributed by atoms with Crippen LogP contribution in [0.1, 0.15) is 24.5 Å². The number of pyridine rings is 1.